The molecule has 0 unspecified atom stereocenters. The highest BCUT2D eigenvalue weighted by atomic mass is 79.9. The lowest BCUT2D eigenvalue weighted by atomic mass is 10.0. The molecule has 2 rings (SSSR count). The van der Waals surface area contributed by atoms with Crippen molar-refractivity contribution in [2.75, 3.05) is 0 Å². The average Bonchev–Trinajstić information content (AvgIpc) is 2.40. The average molecular weight is 364 g/mol. The molecule has 0 saturated carbocycles. The van der Waals surface area contributed by atoms with Gasteiger partial charge < -0.3 is 0 Å². The monoisotopic (exact) mass is 362 g/mol. The van der Waals surface area contributed by atoms with Gasteiger partial charge in [0.1, 0.15) is 5.82 Å². The van der Waals surface area contributed by atoms with E-state index in [-0.39, 0.29) is 27.0 Å². The van der Waals surface area contributed by atoms with Gasteiger partial charge in [-0.25, -0.2) is 13.2 Å². The van der Waals surface area contributed by atoms with E-state index < -0.39 is 23.2 Å². The third-order valence-corrected chi connectivity index (χ3v) is 3.86. The van der Waals surface area contributed by atoms with E-state index in [9.17, 15) is 18.0 Å². The SMILES string of the molecule is O=C(Cc1c(F)cccc1Cl)c1ccc(F)c(F)c1Br. The summed E-state index contributed by atoms with van der Waals surface area (Å²) in [6.07, 6.45) is -0.338. The topological polar surface area (TPSA) is 17.1 Å². The highest BCUT2D eigenvalue weighted by Crippen LogP contribution is 2.26. The Morgan fingerprint density at radius 3 is 2.45 bits per heavy atom. The molecule has 0 bridgehead atoms. The van der Waals surface area contributed by atoms with E-state index >= 15 is 0 Å². The van der Waals surface area contributed by atoms with Crippen molar-refractivity contribution in [2.24, 2.45) is 0 Å². The van der Waals surface area contributed by atoms with Crippen LogP contribution in [0.2, 0.25) is 5.02 Å². The highest BCUT2D eigenvalue weighted by Gasteiger charge is 2.19. The molecule has 0 aliphatic carbocycles. The summed E-state index contributed by atoms with van der Waals surface area (Å²) in [5, 5.41) is 0.108. The van der Waals surface area contributed by atoms with Gasteiger partial charge in [0.05, 0.1) is 4.47 Å². The predicted molar refractivity (Wildman–Crippen MR) is 73.5 cm³/mol. The van der Waals surface area contributed by atoms with E-state index in [0.717, 1.165) is 12.1 Å². The molecule has 2 aromatic carbocycles. The quantitative estimate of drug-likeness (QED) is 0.557. The lowest BCUT2D eigenvalue weighted by Gasteiger charge is -2.07. The van der Waals surface area contributed by atoms with Crippen LogP contribution in [0.3, 0.4) is 0 Å². The van der Waals surface area contributed by atoms with Crippen molar-refractivity contribution in [3.05, 3.63) is 68.4 Å². The zero-order valence-electron chi connectivity index (χ0n) is 9.89. The molecule has 0 atom stereocenters. The molecule has 0 amide bonds. The summed E-state index contributed by atoms with van der Waals surface area (Å²) < 4.78 is 39.7. The molecule has 0 saturated heterocycles. The van der Waals surface area contributed by atoms with Crippen molar-refractivity contribution < 1.29 is 18.0 Å². The van der Waals surface area contributed by atoms with Gasteiger partial charge in [0, 0.05) is 22.6 Å². The maximum Gasteiger partial charge on any atom is 0.173 e. The molecule has 0 aliphatic rings. The summed E-state index contributed by atoms with van der Waals surface area (Å²) in [6, 6.07) is 6.03. The summed E-state index contributed by atoms with van der Waals surface area (Å²) in [6.45, 7) is 0. The Labute approximate surface area is 126 Å². The van der Waals surface area contributed by atoms with Crippen molar-refractivity contribution in [3.63, 3.8) is 0 Å². The van der Waals surface area contributed by atoms with Gasteiger partial charge in [-0.15, -0.1) is 0 Å². The van der Waals surface area contributed by atoms with Crippen LogP contribution < -0.4 is 0 Å². The molecule has 6 heteroatoms. The first-order chi connectivity index (χ1) is 9.41. The van der Waals surface area contributed by atoms with Gasteiger partial charge in [0.25, 0.3) is 0 Å². The summed E-state index contributed by atoms with van der Waals surface area (Å²) >= 11 is 8.64. The molecule has 2 aromatic rings. The maximum atomic E-state index is 13.6. The molecular formula is C14H7BrClF3O. The normalized spacial score (nSPS) is 10.7. The lowest BCUT2D eigenvalue weighted by molar-refractivity contribution is 0.0990. The van der Waals surface area contributed by atoms with Crippen molar-refractivity contribution in [1.82, 2.24) is 0 Å². The second kappa shape index (κ2) is 5.97. The zero-order chi connectivity index (χ0) is 14.9. The molecular weight excluding hydrogens is 357 g/mol. The molecule has 0 radical (unpaired) electrons. The number of Topliss-reactive ketones (excluding diaryl/α,β-unsaturated/α-hetero) is 1. The van der Waals surface area contributed by atoms with Gasteiger partial charge in [-0.05, 0) is 40.2 Å². The van der Waals surface area contributed by atoms with E-state index in [0.29, 0.717) is 0 Å². The molecule has 0 fully saturated rings. The van der Waals surface area contributed by atoms with E-state index in [2.05, 4.69) is 15.9 Å². The van der Waals surface area contributed by atoms with Gasteiger partial charge in [-0.3, -0.25) is 4.79 Å². The van der Waals surface area contributed by atoms with Crippen molar-refractivity contribution >= 4 is 33.3 Å². The number of carbonyl (C=O) groups is 1. The van der Waals surface area contributed by atoms with Gasteiger partial charge in [0.2, 0.25) is 0 Å². The third kappa shape index (κ3) is 2.88. The number of carbonyl (C=O) groups excluding carboxylic acids is 1. The molecule has 0 aromatic heterocycles. The standard InChI is InChI=1S/C14H7BrClF3O/c15-13-7(4-5-11(18)14(13)19)12(20)6-8-9(16)2-1-3-10(8)17/h1-5H,6H2. The summed E-state index contributed by atoms with van der Waals surface area (Å²) in [5.74, 6) is -3.42. The van der Waals surface area contributed by atoms with Crippen LogP contribution in [0.4, 0.5) is 13.2 Å². The zero-order valence-corrected chi connectivity index (χ0v) is 12.2. The molecule has 104 valence electrons. The van der Waals surface area contributed by atoms with Crippen LogP contribution in [-0.4, -0.2) is 5.78 Å². The Balaban J connectivity index is 2.36. The van der Waals surface area contributed by atoms with E-state index in [1.807, 2.05) is 0 Å². The van der Waals surface area contributed by atoms with Crippen LogP contribution in [0.5, 0.6) is 0 Å². The van der Waals surface area contributed by atoms with Crippen LogP contribution >= 0.6 is 27.5 Å². The van der Waals surface area contributed by atoms with Gasteiger partial charge in [0.15, 0.2) is 17.4 Å². The molecule has 0 spiro atoms. The second-order valence-corrected chi connectivity index (χ2v) is 5.22. The second-order valence-electron chi connectivity index (χ2n) is 4.02. The minimum atomic E-state index is -1.16. The number of hydrogen-bond donors (Lipinski definition) is 0. The number of halogens is 5. The number of rotatable bonds is 3. The molecule has 1 nitrogen and oxygen atoms in total. The predicted octanol–water partition coefficient (Wildman–Crippen LogP) is 4.95. The minimum absolute atomic E-state index is 0.0239. The Morgan fingerprint density at radius 1 is 1.10 bits per heavy atom. The Morgan fingerprint density at radius 2 is 1.80 bits per heavy atom. The molecule has 0 aliphatic heterocycles. The Kier molecular flexibility index (Phi) is 4.50. The minimum Gasteiger partial charge on any atom is -0.294 e. The van der Waals surface area contributed by atoms with Crippen LogP contribution in [0, 0.1) is 17.5 Å². The molecule has 0 N–H and O–H groups in total. The van der Waals surface area contributed by atoms with Gasteiger partial charge >= 0.3 is 0 Å². The lowest BCUT2D eigenvalue weighted by Crippen LogP contribution is -2.08. The number of ketones is 1. The van der Waals surface area contributed by atoms with E-state index in [1.165, 1.54) is 18.2 Å². The summed E-state index contributed by atoms with van der Waals surface area (Å²) in [5.41, 5.74) is -0.0426. The molecule has 20 heavy (non-hydrogen) atoms. The van der Waals surface area contributed by atoms with Crippen molar-refractivity contribution in [3.8, 4) is 0 Å². The van der Waals surface area contributed by atoms with Crippen molar-refractivity contribution in [2.45, 2.75) is 6.42 Å². The van der Waals surface area contributed by atoms with Crippen LogP contribution in [-0.2, 0) is 6.42 Å². The van der Waals surface area contributed by atoms with Gasteiger partial charge in [-0.1, -0.05) is 17.7 Å². The fraction of sp³-hybridized carbons (Fsp3) is 0.0714. The highest BCUT2D eigenvalue weighted by molar-refractivity contribution is 9.10. The van der Waals surface area contributed by atoms with E-state index in [1.54, 1.807) is 0 Å². The first-order valence-electron chi connectivity index (χ1n) is 5.51. The molecule has 0 heterocycles. The maximum absolute atomic E-state index is 13.6. The van der Waals surface area contributed by atoms with E-state index in [4.69, 9.17) is 11.6 Å². The van der Waals surface area contributed by atoms with Crippen LogP contribution in [0.25, 0.3) is 0 Å². The number of hydrogen-bond acceptors (Lipinski definition) is 1. The fourth-order valence-corrected chi connectivity index (χ4v) is 2.47. The smallest absolute Gasteiger partial charge is 0.173 e. The van der Waals surface area contributed by atoms with Gasteiger partial charge in [-0.2, -0.15) is 0 Å². The van der Waals surface area contributed by atoms with Crippen LogP contribution in [0.15, 0.2) is 34.8 Å². The first kappa shape index (κ1) is 15.1. The van der Waals surface area contributed by atoms with Crippen LogP contribution in [0.1, 0.15) is 15.9 Å². The number of benzene rings is 2. The fourth-order valence-electron chi connectivity index (χ4n) is 1.70. The third-order valence-electron chi connectivity index (χ3n) is 2.73. The van der Waals surface area contributed by atoms with Crippen molar-refractivity contribution in [1.29, 1.82) is 0 Å². The summed E-state index contributed by atoms with van der Waals surface area (Å²) in [7, 11) is 0. The first-order valence-corrected chi connectivity index (χ1v) is 6.68. The largest absolute Gasteiger partial charge is 0.294 e. The Hall–Kier alpha value is -1.33. The Bertz CT molecular complexity index is 668. The summed E-state index contributed by atoms with van der Waals surface area (Å²) in [4.78, 5) is 12.1.